The molecule has 1 aromatic carbocycles. The zero-order valence-electron chi connectivity index (χ0n) is 7.37. The summed E-state index contributed by atoms with van der Waals surface area (Å²) in [5, 5.41) is 10.9. The summed E-state index contributed by atoms with van der Waals surface area (Å²) in [4.78, 5) is 10.7. The smallest absolute Gasteiger partial charge is 0.338 e. The molecule has 14 heavy (non-hydrogen) atoms. The summed E-state index contributed by atoms with van der Waals surface area (Å²) in [6, 6.07) is 2.98. The van der Waals surface area contributed by atoms with Gasteiger partial charge >= 0.3 is 5.97 Å². The van der Waals surface area contributed by atoms with Crippen molar-refractivity contribution in [3.63, 3.8) is 0 Å². The molecule has 1 aromatic heterocycles. The molecule has 0 saturated carbocycles. The molecule has 4 heteroatoms. The molecule has 2 rings (SSSR count). The molecular formula is C10H7FO2S. The van der Waals surface area contributed by atoms with Crippen LogP contribution in [0.4, 0.5) is 4.39 Å². The minimum absolute atomic E-state index is 0.256. The summed E-state index contributed by atoms with van der Waals surface area (Å²) >= 11 is 1.42. The number of aryl methyl sites for hydroxylation is 1. The van der Waals surface area contributed by atoms with Gasteiger partial charge in [0.15, 0.2) is 0 Å². The first-order valence-corrected chi connectivity index (χ1v) is 4.89. The van der Waals surface area contributed by atoms with Gasteiger partial charge in [0.1, 0.15) is 5.82 Å². The highest BCUT2D eigenvalue weighted by Crippen LogP contribution is 2.29. The lowest BCUT2D eigenvalue weighted by atomic mass is 10.1. The molecular weight excluding hydrogens is 203 g/mol. The van der Waals surface area contributed by atoms with Crippen molar-refractivity contribution in [2.75, 3.05) is 0 Å². The number of halogens is 1. The van der Waals surface area contributed by atoms with Crippen LogP contribution < -0.4 is 0 Å². The first kappa shape index (κ1) is 9.15. The van der Waals surface area contributed by atoms with E-state index in [9.17, 15) is 9.18 Å². The number of carboxylic acids is 1. The lowest BCUT2D eigenvalue weighted by Gasteiger charge is -2.01. The van der Waals surface area contributed by atoms with Crippen LogP contribution in [0.25, 0.3) is 10.1 Å². The van der Waals surface area contributed by atoms with Crippen molar-refractivity contribution in [2.24, 2.45) is 0 Å². The Kier molecular flexibility index (Phi) is 2.00. The number of hydrogen-bond acceptors (Lipinski definition) is 2. The second-order valence-corrected chi connectivity index (χ2v) is 3.94. The van der Waals surface area contributed by atoms with Gasteiger partial charge in [0.25, 0.3) is 0 Å². The monoisotopic (exact) mass is 210 g/mol. The van der Waals surface area contributed by atoms with Gasteiger partial charge in [0.2, 0.25) is 0 Å². The van der Waals surface area contributed by atoms with Crippen LogP contribution in [0, 0.1) is 12.7 Å². The molecule has 72 valence electrons. The number of thiophene rings is 1. The van der Waals surface area contributed by atoms with Crippen LogP contribution in [0.3, 0.4) is 0 Å². The van der Waals surface area contributed by atoms with E-state index in [1.165, 1.54) is 17.4 Å². The van der Waals surface area contributed by atoms with Crippen LogP contribution in [0.5, 0.6) is 0 Å². The van der Waals surface area contributed by atoms with Gasteiger partial charge in [-0.05, 0) is 30.0 Å². The first-order valence-electron chi connectivity index (χ1n) is 4.01. The van der Waals surface area contributed by atoms with E-state index in [1.807, 2.05) is 0 Å². The van der Waals surface area contributed by atoms with Crippen molar-refractivity contribution in [1.82, 2.24) is 0 Å². The van der Waals surface area contributed by atoms with Crippen LogP contribution >= 0.6 is 11.3 Å². The Bertz CT molecular complexity index is 516. The van der Waals surface area contributed by atoms with Crippen LogP contribution in [0.1, 0.15) is 15.9 Å². The van der Waals surface area contributed by atoms with E-state index < -0.39 is 11.8 Å². The Morgan fingerprint density at radius 3 is 2.93 bits per heavy atom. The third kappa shape index (κ3) is 1.19. The largest absolute Gasteiger partial charge is 0.478 e. The Morgan fingerprint density at radius 1 is 1.57 bits per heavy atom. The molecule has 2 nitrogen and oxygen atoms in total. The van der Waals surface area contributed by atoms with E-state index in [0.717, 1.165) is 10.3 Å². The van der Waals surface area contributed by atoms with Crippen LogP contribution in [-0.4, -0.2) is 11.1 Å². The fourth-order valence-electron chi connectivity index (χ4n) is 1.43. The highest BCUT2D eigenvalue weighted by molar-refractivity contribution is 7.17. The summed E-state index contributed by atoms with van der Waals surface area (Å²) in [7, 11) is 0. The van der Waals surface area contributed by atoms with E-state index in [4.69, 9.17) is 5.11 Å². The van der Waals surface area contributed by atoms with E-state index in [1.54, 1.807) is 18.4 Å². The third-order valence-electron chi connectivity index (χ3n) is 2.09. The molecule has 0 radical (unpaired) electrons. The van der Waals surface area contributed by atoms with Gasteiger partial charge in [0, 0.05) is 10.1 Å². The maximum Gasteiger partial charge on any atom is 0.338 e. The van der Waals surface area contributed by atoms with Gasteiger partial charge in [-0.1, -0.05) is 0 Å². The van der Waals surface area contributed by atoms with Crippen molar-refractivity contribution < 1.29 is 14.3 Å². The Labute approximate surface area is 83.6 Å². The second-order valence-electron chi connectivity index (χ2n) is 3.02. The van der Waals surface area contributed by atoms with Gasteiger partial charge in [-0.15, -0.1) is 11.3 Å². The van der Waals surface area contributed by atoms with E-state index in [-0.39, 0.29) is 5.56 Å². The van der Waals surface area contributed by atoms with Crippen molar-refractivity contribution in [3.8, 4) is 0 Å². The molecule has 0 bridgehead atoms. The zero-order chi connectivity index (χ0) is 10.3. The van der Waals surface area contributed by atoms with Crippen molar-refractivity contribution in [1.29, 1.82) is 0 Å². The van der Waals surface area contributed by atoms with Gasteiger partial charge in [-0.3, -0.25) is 0 Å². The summed E-state index contributed by atoms with van der Waals surface area (Å²) in [5.74, 6) is -1.86. The summed E-state index contributed by atoms with van der Waals surface area (Å²) in [6.45, 7) is 1.78. The molecule has 0 atom stereocenters. The zero-order valence-corrected chi connectivity index (χ0v) is 8.19. The third-order valence-corrected chi connectivity index (χ3v) is 3.14. The Balaban J connectivity index is 2.88. The molecule has 0 aliphatic carbocycles. The fourth-order valence-corrected chi connectivity index (χ4v) is 2.30. The SMILES string of the molecule is Cc1cc(C(=O)O)c(F)c2ccsc12. The molecule has 0 aliphatic heterocycles. The summed E-state index contributed by atoms with van der Waals surface area (Å²) in [6.07, 6.45) is 0. The molecule has 0 aliphatic rings. The van der Waals surface area contributed by atoms with Crippen molar-refractivity contribution in [3.05, 3.63) is 34.5 Å². The highest BCUT2D eigenvalue weighted by Gasteiger charge is 2.15. The summed E-state index contributed by atoms with van der Waals surface area (Å²) < 4.78 is 14.4. The standard InChI is InChI=1S/C10H7FO2S/c1-5-4-7(10(12)13)8(11)6-2-3-14-9(5)6/h2-4H,1H3,(H,12,13). The van der Waals surface area contributed by atoms with Crippen LogP contribution in [-0.2, 0) is 0 Å². The number of fused-ring (bicyclic) bond motifs is 1. The van der Waals surface area contributed by atoms with Crippen LogP contribution in [0.2, 0.25) is 0 Å². The Hall–Kier alpha value is -1.42. The molecule has 0 saturated heterocycles. The lowest BCUT2D eigenvalue weighted by Crippen LogP contribution is -2.01. The average molecular weight is 210 g/mol. The van der Waals surface area contributed by atoms with E-state index >= 15 is 0 Å². The van der Waals surface area contributed by atoms with Gasteiger partial charge < -0.3 is 5.11 Å². The number of aromatic carboxylic acids is 1. The molecule has 2 aromatic rings. The van der Waals surface area contributed by atoms with E-state index in [0.29, 0.717) is 5.39 Å². The molecule has 0 spiro atoms. The molecule has 1 N–H and O–H groups in total. The van der Waals surface area contributed by atoms with Gasteiger partial charge in [-0.25, -0.2) is 9.18 Å². The fraction of sp³-hybridized carbons (Fsp3) is 0.100. The number of rotatable bonds is 1. The molecule has 0 amide bonds. The maximum absolute atomic E-state index is 13.6. The number of hydrogen-bond donors (Lipinski definition) is 1. The minimum atomic E-state index is -1.22. The topological polar surface area (TPSA) is 37.3 Å². The summed E-state index contributed by atoms with van der Waals surface area (Å²) in [5.41, 5.74) is 0.544. The predicted octanol–water partition coefficient (Wildman–Crippen LogP) is 3.05. The Morgan fingerprint density at radius 2 is 2.29 bits per heavy atom. The molecule has 1 heterocycles. The number of carbonyl (C=O) groups is 1. The lowest BCUT2D eigenvalue weighted by molar-refractivity contribution is 0.0692. The van der Waals surface area contributed by atoms with E-state index in [2.05, 4.69) is 0 Å². The second kappa shape index (κ2) is 3.06. The van der Waals surface area contributed by atoms with Crippen LogP contribution in [0.15, 0.2) is 17.5 Å². The number of benzene rings is 1. The maximum atomic E-state index is 13.6. The molecule has 0 unspecified atom stereocenters. The average Bonchev–Trinajstić information content (AvgIpc) is 2.59. The van der Waals surface area contributed by atoms with Gasteiger partial charge in [-0.2, -0.15) is 0 Å². The number of carboxylic acid groups (broad SMARTS) is 1. The van der Waals surface area contributed by atoms with Crippen molar-refractivity contribution in [2.45, 2.75) is 6.92 Å². The van der Waals surface area contributed by atoms with Crippen molar-refractivity contribution >= 4 is 27.4 Å². The van der Waals surface area contributed by atoms with Gasteiger partial charge in [0.05, 0.1) is 5.56 Å². The first-order chi connectivity index (χ1) is 6.61. The predicted molar refractivity (Wildman–Crippen MR) is 53.5 cm³/mol. The normalized spacial score (nSPS) is 10.7. The molecule has 0 fully saturated rings. The minimum Gasteiger partial charge on any atom is -0.478 e. The quantitative estimate of drug-likeness (QED) is 0.785. The highest BCUT2D eigenvalue weighted by atomic mass is 32.1.